The number of unbranched alkanes of at least 4 members (excludes halogenated alkanes) is 2. The van der Waals surface area contributed by atoms with Crippen molar-refractivity contribution in [2.24, 2.45) is 0 Å². The molecule has 8 heteroatoms. The standard InChI is InChI=1S/C16H22N2O6/c1-3-24-15(19)7-5-4-6-10-17-16(20)12-8-9-13(18(21)22)14(11-12)23-2/h8-9,11H,3-7,10H2,1-2H3,(H,17,20). The molecule has 132 valence electrons. The molecule has 0 unspecified atom stereocenters. The van der Waals surface area contributed by atoms with Crippen LogP contribution in [0.15, 0.2) is 18.2 Å². The number of benzene rings is 1. The fraction of sp³-hybridized carbons (Fsp3) is 0.500. The van der Waals surface area contributed by atoms with Gasteiger partial charge in [0, 0.05) is 30.7 Å². The number of amides is 1. The number of carbonyl (C=O) groups is 2. The number of carbonyl (C=O) groups excluding carboxylic acids is 2. The molecule has 1 N–H and O–H groups in total. The Morgan fingerprint density at radius 1 is 1.25 bits per heavy atom. The normalized spacial score (nSPS) is 10.1. The van der Waals surface area contributed by atoms with E-state index in [0.29, 0.717) is 31.6 Å². The quantitative estimate of drug-likeness (QED) is 0.304. The van der Waals surface area contributed by atoms with Gasteiger partial charge in [-0.3, -0.25) is 19.7 Å². The van der Waals surface area contributed by atoms with Crippen molar-refractivity contribution < 1.29 is 24.0 Å². The summed E-state index contributed by atoms with van der Waals surface area (Å²) in [6, 6.07) is 3.97. The third kappa shape index (κ3) is 6.23. The van der Waals surface area contributed by atoms with Crippen LogP contribution in [0.3, 0.4) is 0 Å². The fourth-order valence-electron chi connectivity index (χ4n) is 2.08. The second-order valence-corrected chi connectivity index (χ2v) is 5.02. The van der Waals surface area contributed by atoms with Crippen molar-refractivity contribution in [3.05, 3.63) is 33.9 Å². The van der Waals surface area contributed by atoms with E-state index < -0.39 is 4.92 Å². The Labute approximate surface area is 140 Å². The first-order chi connectivity index (χ1) is 11.5. The van der Waals surface area contributed by atoms with Crippen LogP contribution in [0.25, 0.3) is 0 Å². The zero-order valence-electron chi connectivity index (χ0n) is 13.9. The van der Waals surface area contributed by atoms with Gasteiger partial charge in [-0.25, -0.2) is 0 Å². The van der Waals surface area contributed by atoms with Gasteiger partial charge in [0.1, 0.15) is 0 Å². The first-order valence-corrected chi connectivity index (χ1v) is 7.75. The molecule has 0 saturated carbocycles. The third-order valence-corrected chi connectivity index (χ3v) is 3.29. The van der Waals surface area contributed by atoms with Gasteiger partial charge in [0.15, 0.2) is 5.75 Å². The number of hydrogen-bond donors (Lipinski definition) is 1. The molecular weight excluding hydrogens is 316 g/mol. The van der Waals surface area contributed by atoms with E-state index in [1.165, 1.54) is 25.3 Å². The summed E-state index contributed by atoms with van der Waals surface area (Å²) in [7, 11) is 1.31. The summed E-state index contributed by atoms with van der Waals surface area (Å²) in [6.45, 7) is 2.61. The van der Waals surface area contributed by atoms with Crippen molar-refractivity contribution >= 4 is 17.6 Å². The zero-order valence-corrected chi connectivity index (χ0v) is 13.9. The van der Waals surface area contributed by atoms with Crippen LogP contribution in [0, 0.1) is 10.1 Å². The first-order valence-electron chi connectivity index (χ1n) is 7.75. The van der Waals surface area contributed by atoms with Gasteiger partial charge >= 0.3 is 11.7 Å². The highest BCUT2D eigenvalue weighted by Gasteiger charge is 2.17. The van der Waals surface area contributed by atoms with E-state index in [0.717, 1.165) is 12.8 Å². The highest BCUT2D eigenvalue weighted by Crippen LogP contribution is 2.27. The minimum atomic E-state index is -0.565. The highest BCUT2D eigenvalue weighted by atomic mass is 16.6. The van der Waals surface area contributed by atoms with E-state index in [9.17, 15) is 19.7 Å². The number of rotatable bonds is 10. The second-order valence-electron chi connectivity index (χ2n) is 5.02. The Bertz CT molecular complexity index is 588. The molecule has 1 amide bonds. The lowest BCUT2D eigenvalue weighted by atomic mass is 10.1. The Balaban J connectivity index is 2.38. The van der Waals surface area contributed by atoms with Gasteiger partial charge in [0.2, 0.25) is 0 Å². The molecule has 0 atom stereocenters. The maximum atomic E-state index is 12.0. The lowest BCUT2D eigenvalue weighted by Crippen LogP contribution is -2.24. The molecule has 8 nitrogen and oxygen atoms in total. The van der Waals surface area contributed by atoms with Gasteiger partial charge in [-0.15, -0.1) is 0 Å². The van der Waals surface area contributed by atoms with Gasteiger partial charge in [0.25, 0.3) is 5.91 Å². The van der Waals surface area contributed by atoms with Crippen LogP contribution in [-0.4, -0.2) is 37.1 Å². The van der Waals surface area contributed by atoms with Gasteiger partial charge in [-0.2, -0.15) is 0 Å². The predicted octanol–water partition coefficient (Wildman–Crippen LogP) is 2.46. The van der Waals surface area contributed by atoms with Crippen molar-refractivity contribution in [1.82, 2.24) is 5.32 Å². The number of nitro benzene ring substituents is 1. The number of hydrogen-bond acceptors (Lipinski definition) is 6. The largest absolute Gasteiger partial charge is 0.490 e. The number of nitrogens with one attached hydrogen (secondary N) is 1. The second kappa shape index (κ2) is 10.2. The van der Waals surface area contributed by atoms with Crippen molar-refractivity contribution in [3.8, 4) is 5.75 Å². The predicted molar refractivity (Wildman–Crippen MR) is 87.1 cm³/mol. The summed E-state index contributed by atoms with van der Waals surface area (Å²) in [5.41, 5.74) is 0.108. The molecular formula is C16H22N2O6. The van der Waals surface area contributed by atoms with Crippen LogP contribution in [-0.2, 0) is 9.53 Å². The smallest absolute Gasteiger partial charge is 0.310 e. The Hall–Kier alpha value is -2.64. The van der Waals surface area contributed by atoms with E-state index in [1.807, 2.05) is 0 Å². The lowest BCUT2D eigenvalue weighted by Gasteiger charge is -2.07. The number of ether oxygens (including phenoxy) is 2. The minimum absolute atomic E-state index is 0.0436. The highest BCUT2D eigenvalue weighted by molar-refractivity contribution is 5.95. The Kier molecular flexibility index (Phi) is 8.24. The van der Waals surface area contributed by atoms with Crippen LogP contribution >= 0.6 is 0 Å². The molecule has 0 heterocycles. The van der Waals surface area contributed by atoms with Crippen LogP contribution in [0.1, 0.15) is 43.0 Å². The summed E-state index contributed by atoms with van der Waals surface area (Å²) in [6.07, 6.45) is 2.61. The van der Waals surface area contributed by atoms with Crippen LogP contribution < -0.4 is 10.1 Å². The number of nitro groups is 1. The van der Waals surface area contributed by atoms with E-state index in [4.69, 9.17) is 9.47 Å². The molecule has 0 fully saturated rings. The van der Waals surface area contributed by atoms with Gasteiger partial charge in [0.05, 0.1) is 18.6 Å². The Morgan fingerprint density at radius 3 is 2.62 bits per heavy atom. The summed E-state index contributed by atoms with van der Waals surface area (Å²) in [4.78, 5) is 33.4. The van der Waals surface area contributed by atoms with Crippen molar-refractivity contribution in [2.45, 2.75) is 32.6 Å². The molecule has 24 heavy (non-hydrogen) atoms. The maximum Gasteiger partial charge on any atom is 0.310 e. The van der Waals surface area contributed by atoms with Gasteiger partial charge < -0.3 is 14.8 Å². The lowest BCUT2D eigenvalue weighted by molar-refractivity contribution is -0.385. The number of esters is 1. The molecule has 0 aliphatic heterocycles. The molecule has 0 aliphatic rings. The monoisotopic (exact) mass is 338 g/mol. The number of nitrogens with zero attached hydrogens (tertiary/aromatic N) is 1. The molecule has 0 saturated heterocycles. The molecule has 0 bridgehead atoms. The van der Waals surface area contributed by atoms with Crippen LogP contribution in [0.4, 0.5) is 5.69 Å². The number of methoxy groups -OCH3 is 1. The summed E-state index contributed by atoms with van der Waals surface area (Å²) in [5, 5.41) is 13.5. The van der Waals surface area contributed by atoms with Gasteiger partial charge in [-0.1, -0.05) is 6.42 Å². The van der Waals surface area contributed by atoms with Crippen LogP contribution in [0.5, 0.6) is 5.75 Å². The average Bonchev–Trinajstić information content (AvgIpc) is 2.57. The van der Waals surface area contributed by atoms with Crippen molar-refractivity contribution in [1.29, 1.82) is 0 Å². The summed E-state index contributed by atoms with van der Waals surface area (Å²) in [5.74, 6) is -0.491. The summed E-state index contributed by atoms with van der Waals surface area (Å²) >= 11 is 0. The molecule has 0 spiro atoms. The van der Waals surface area contributed by atoms with E-state index in [-0.39, 0.29) is 23.3 Å². The molecule has 1 aromatic rings. The fourth-order valence-corrected chi connectivity index (χ4v) is 2.08. The first kappa shape index (κ1) is 19.4. The zero-order chi connectivity index (χ0) is 17.9. The SMILES string of the molecule is CCOC(=O)CCCCCNC(=O)c1ccc([N+](=O)[O-])c(OC)c1. The molecule has 0 radical (unpaired) electrons. The molecule has 0 aliphatic carbocycles. The minimum Gasteiger partial charge on any atom is -0.490 e. The van der Waals surface area contributed by atoms with E-state index in [2.05, 4.69) is 5.32 Å². The Morgan fingerprint density at radius 2 is 2.00 bits per heavy atom. The third-order valence-electron chi connectivity index (χ3n) is 3.29. The topological polar surface area (TPSA) is 108 Å². The van der Waals surface area contributed by atoms with Gasteiger partial charge in [-0.05, 0) is 25.8 Å². The van der Waals surface area contributed by atoms with Crippen molar-refractivity contribution in [2.75, 3.05) is 20.3 Å². The average molecular weight is 338 g/mol. The van der Waals surface area contributed by atoms with Crippen molar-refractivity contribution in [3.63, 3.8) is 0 Å². The van der Waals surface area contributed by atoms with E-state index >= 15 is 0 Å². The maximum absolute atomic E-state index is 12.0. The molecule has 0 aromatic heterocycles. The van der Waals surface area contributed by atoms with E-state index in [1.54, 1.807) is 6.92 Å². The summed E-state index contributed by atoms with van der Waals surface area (Å²) < 4.78 is 9.76. The molecule has 1 rings (SSSR count). The molecule has 1 aromatic carbocycles. The van der Waals surface area contributed by atoms with Crippen LogP contribution in [0.2, 0.25) is 0 Å².